The minimum Gasteiger partial charge on any atom is -0.419 e. The van der Waals surface area contributed by atoms with Gasteiger partial charge in [0.1, 0.15) is 11.6 Å². The van der Waals surface area contributed by atoms with Crippen molar-refractivity contribution in [3.63, 3.8) is 0 Å². The van der Waals surface area contributed by atoms with Crippen LogP contribution in [0.3, 0.4) is 0 Å². The van der Waals surface area contributed by atoms with Crippen LogP contribution in [0.1, 0.15) is 0 Å². The van der Waals surface area contributed by atoms with Crippen molar-refractivity contribution in [3.05, 3.63) is 60.2 Å². The Labute approximate surface area is 136 Å². The molecule has 0 aliphatic rings. The van der Waals surface area contributed by atoms with Crippen LogP contribution in [0.2, 0.25) is 0 Å². The zero-order chi connectivity index (χ0) is 17.3. The standard InChI is InChI=1S/C16H12F2N2O3S/c1-19-15-16(24(21,22)13-8-6-12(18)7-9-13)20-14(23-15)10-2-4-11(17)5-3-10/h2-9,19H,1H3. The number of halogens is 2. The quantitative estimate of drug-likeness (QED) is 0.729. The summed E-state index contributed by atoms with van der Waals surface area (Å²) in [4.78, 5) is 3.91. The van der Waals surface area contributed by atoms with Gasteiger partial charge in [-0.3, -0.25) is 0 Å². The molecule has 1 N–H and O–H groups in total. The number of hydrogen-bond acceptors (Lipinski definition) is 5. The number of anilines is 1. The first-order valence-electron chi connectivity index (χ1n) is 6.87. The van der Waals surface area contributed by atoms with Crippen LogP contribution in [0.5, 0.6) is 0 Å². The fraction of sp³-hybridized carbons (Fsp3) is 0.0625. The first-order valence-corrected chi connectivity index (χ1v) is 8.35. The highest BCUT2D eigenvalue weighted by molar-refractivity contribution is 7.91. The number of nitrogens with one attached hydrogen (secondary N) is 1. The molecule has 124 valence electrons. The molecule has 8 heteroatoms. The Morgan fingerprint density at radius 1 is 0.958 bits per heavy atom. The lowest BCUT2D eigenvalue weighted by Crippen LogP contribution is -2.05. The van der Waals surface area contributed by atoms with Crippen LogP contribution in [0.4, 0.5) is 14.7 Å². The van der Waals surface area contributed by atoms with E-state index in [1.54, 1.807) is 0 Å². The third-order valence-electron chi connectivity index (χ3n) is 3.29. The number of sulfone groups is 1. The number of benzene rings is 2. The van der Waals surface area contributed by atoms with Crippen molar-refractivity contribution >= 4 is 15.7 Å². The van der Waals surface area contributed by atoms with Crippen LogP contribution in [0.25, 0.3) is 11.5 Å². The molecule has 0 aliphatic heterocycles. The van der Waals surface area contributed by atoms with Crippen LogP contribution < -0.4 is 5.32 Å². The van der Waals surface area contributed by atoms with Gasteiger partial charge in [0.25, 0.3) is 0 Å². The van der Waals surface area contributed by atoms with Crippen molar-refractivity contribution in [2.45, 2.75) is 9.92 Å². The van der Waals surface area contributed by atoms with Gasteiger partial charge in [0.15, 0.2) is 0 Å². The Morgan fingerprint density at radius 2 is 1.50 bits per heavy atom. The van der Waals surface area contributed by atoms with E-state index in [1.165, 1.54) is 31.3 Å². The summed E-state index contributed by atoms with van der Waals surface area (Å²) in [6, 6.07) is 9.68. The monoisotopic (exact) mass is 350 g/mol. The van der Waals surface area contributed by atoms with Crippen molar-refractivity contribution in [1.29, 1.82) is 0 Å². The summed E-state index contributed by atoms with van der Waals surface area (Å²) in [7, 11) is -2.52. The number of aromatic nitrogens is 1. The van der Waals surface area contributed by atoms with Crippen molar-refractivity contribution in [2.75, 3.05) is 12.4 Å². The van der Waals surface area contributed by atoms with Crippen molar-refractivity contribution in [3.8, 4) is 11.5 Å². The molecule has 5 nitrogen and oxygen atoms in total. The highest BCUT2D eigenvalue weighted by Gasteiger charge is 2.28. The molecule has 1 heterocycles. The first-order chi connectivity index (χ1) is 11.4. The van der Waals surface area contributed by atoms with Gasteiger partial charge in [-0.15, -0.1) is 0 Å². The molecule has 3 rings (SSSR count). The van der Waals surface area contributed by atoms with Gasteiger partial charge >= 0.3 is 0 Å². The summed E-state index contributed by atoms with van der Waals surface area (Å²) in [5.74, 6) is -1.01. The maximum atomic E-state index is 13.0. The molecule has 0 saturated heterocycles. The van der Waals surface area contributed by atoms with Crippen LogP contribution in [0.15, 0.2) is 62.9 Å². The van der Waals surface area contributed by atoms with Gasteiger partial charge in [-0.1, -0.05) is 0 Å². The predicted molar refractivity (Wildman–Crippen MR) is 83.3 cm³/mol. The van der Waals surface area contributed by atoms with Gasteiger partial charge in [0, 0.05) is 12.6 Å². The lowest BCUT2D eigenvalue weighted by molar-refractivity contribution is 0.579. The summed E-state index contributed by atoms with van der Waals surface area (Å²) in [5.41, 5.74) is 0.424. The minimum absolute atomic E-state index is 0.0278. The van der Waals surface area contributed by atoms with Crippen LogP contribution in [-0.2, 0) is 9.84 Å². The van der Waals surface area contributed by atoms with Crippen molar-refractivity contribution < 1.29 is 21.6 Å². The van der Waals surface area contributed by atoms with Gasteiger partial charge in [-0.25, -0.2) is 17.2 Å². The van der Waals surface area contributed by atoms with Crippen LogP contribution in [0, 0.1) is 11.6 Å². The summed E-state index contributed by atoms with van der Waals surface area (Å²) < 4.78 is 56.8. The van der Waals surface area contributed by atoms with Gasteiger partial charge < -0.3 is 9.73 Å². The van der Waals surface area contributed by atoms with E-state index in [0.717, 1.165) is 24.3 Å². The van der Waals surface area contributed by atoms with Crippen LogP contribution >= 0.6 is 0 Å². The summed E-state index contributed by atoms with van der Waals surface area (Å²) in [6.07, 6.45) is 0. The third kappa shape index (κ3) is 2.88. The fourth-order valence-corrected chi connectivity index (χ4v) is 3.40. The summed E-state index contributed by atoms with van der Waals surface area (Å²) in [6.45, 7) is 0. The molecule has 0 fully saturated rings. The molecular weight excluding hydrogens is 338 g/mol. The number of rotatable bonds is 4. The Bertz CT molecular complexity index is 966. The Balaban J connectivity index is 2.10. The highest BCUT2D eigenvalue weighted by Crippen LogP contribution is 2.32. The molecule has 2 aromatic carbocycles. The average Bonchev–Trinajstić information content (AvgIpc) is 3.01. The normalized spacial score (nSPS) is 11.5. The van der Waals surface area contributed by atoms with Crippen molar-refractivity contribution in [1.82, 2.24) is 4.98 Å². The highest BCUT2D eigenvalue weighted by atomic mass is 32.2. The van der Waals surface area contributed by atoms with E-state index in [-0.39, 0.29) is 21.7 Å². The molecule has 3 aromatic rings. The maximum Gasteiger partial charge on any atom is 0.233 e. The Morgan fingerprint density at radius 3 is 2.04 bits per heavy atom. The summed E-state index contributed by atoms with van der Waals surface area (Å²) in [5, 5.41) is 2.30. The Kier molecular flexibility index (Phi) is 4.06. The van der Waals surface area contributed by atoms with Gasteiger partial charge in [0.05, 0.1) is 4.90 Å². The SMILES string of the molecule is CNc1oc(-c2ccc(F)cc2)nc1S(=O)(=O)c1ccc(F)cc1. The molecule has 0 amide bonds. The molecule has 0 radical (unpaired) electrons. The summed E-state index contributed by atoms with van der Waals surface area (Å²) >= 11 is 0. The lowest BCUT2D eigenvalue weighted by atomic mass is 10.2. The molecule has 24 heavy (non-hydrogen) atoms. The van der Waals surface area contributed by atoms with Gasteiger partial charge in [-0.2, -0.15) is 4.98 Å². The molecule has 0 atom stereocenters. The van der Waals surface area contributed by atoms with Gasteiger partial charge in [-0.05, 0) is 48.5 Å². The Hall–Kier alpha value is -2.74. The first kappa shape index (κ1) is 16.1. The van der Waals surface area contributed by atoms with E-state index in [1.807, 2.05) is 0 Å². The van der Waals surface area contributed by atoms with E-state index in [4.69, 9.17) is 4.42 Å². The molecule has 0 unspecified atom stereocenters. The zero-order valence-electron chi connectivity index (χ0n) is 12.5. The number of nitrogens with zero attached hydrogens (tertiary/aromatic N) is 1. The van der Waals surface area contributed by atoms with E-state index in [9.17, 15) is 17.2 Å². The zero-order valence-corrected chi connectivity index (χ0v) is 13.3. The maximum absolute atomic E-state index is 13.0. The van der Waals surface area contributed by atoms with E-state index in [2.05, 4.69) is 10.3 Å². The second-order valence-electron chi connectivity index (χ2n) is 4.87. The molecular formula is C16H12F2N2O3S. The smallest absolute Gasteiger partial charge is 0.233 e. The molecule has 0 spiro atoms. The third-order valence-corrected chi connectivity index (χ3v) is 4.97. The fourth-order valence-electron chi connectivity index (χ4n) is 2.09. The van der Waals surface area contributed by atoms with Crippen molar-refractivity contribution in [2.24, 2.45) is 0 Å². The largest absolute Gasteiger partial charge is 0.419 e. The van der Waals surface area contributed by atoms with Crippen LogP contribution in [-0.4, -0.2) is 20.4 Å². The average molecular weight is 350 g/mol. The number of oxazole rings is 1. The topological polar surface area (TPSA) is 72.2 Å². The lowest BCUT2D eigenvalue weighted by Gasteiger charge is -2.02. The molecule has 0 bridgehead atoms. The predicted octanol–water partition coefficient (Wildman–Crippen LogP) is 3.49. The molecule has 1 aromatic heterocycles. The second-order valence-corrected chi connectivity index (χ2v) is 6.73. The molecule has 0 aliphatic carbocycles. The molecule has 0 saturated carbocycles. The van der Waals surface area contributed by atoms with E-state index in [0.29, 0.717) is 5.56 Å². The minimum atomic E-state index is -4.00. The second kappa shape index (κ2) is 6.04. The number of hydrogen-bond donors (Lipinski definition) is 1. The van der Waals surface area contributed by atoms with E-state index >= 15 is 0 Å². The van der Waals surface area contributed by atoms with Gasteiger partial charge in [0.2, 0.25) is 26.6 Å². The van der Waals surface area contributed by atoms with E-state index < -0.39 is 21.5 Å².